The Hall–Kier alpha value is -2.91. The van der Waals surface area contributed by atoms with Crippen molar-refractivity contribution in [3.63, 3.8) is 0 Å². The summed E-state index contributed by atoms with van der Waals surface area (Å²) in [5.74, 6) is -0.194. The van der Waals surface area contributed by atoms with Crippen LogP contribution in [0.15, 0.2) is 52.5 Å². The Balaban J connectivity index is 1.54. The van der Waals surface area contributed by atoms with Crippen molar-refractivity contribution in [1.82, 2.24) is 13.9 Å². The first kappa shape index (κ1) is 24.2. The molecule has 2 heterocycles. The summed E-state index contributed by atoms with van der Waals surface area (Å²) in [7, 11) is -3.63. The van der Waals surface area contributed by atoms with E-state index in [9.17, 15) is 13.2 Å². The molecule has 1 atom stereocenters. The molecule has 11 heteroatoms. The summed E-state index contributed by atoms with van der Waals surface area (Å²) < 4.78 is 34.7. The largest absolute Gasteiger partial charge is 0.379 e. The van der Waals surface area contributed by atoms with Crippen LogP contribution >= 0.6 is 11.8 Å². The lowest BCUT2D eigenvalue weighted by Crippen LogP contribution is -2.40. The van der Waals surface area contributed by atoms with E-state index >= 15 is 0 Å². The third-order valence-electron chi connectivity index (χ3n) is 5.54. The molecule has 1 fully saturated rings. The zero-order chi connectivity index (χ0) is 24.3. The number of nitrogens with one attached hydrogen (secondary N) is 1. The number of aryl methyl sites for hydroxylation is 1. The maximum absolute atomic E-state index is 13.0. The smallest absolute Gasteiger partial charge is 0.243 e. The summed E-state index contributed by atoms with van der Waals surface area (Å²) >= 11 is 1.31. The summed E-state index contributed by atoms with van der Waals surface area (Å²) in [5, 5.41) is 11.9. The number of hydrogen-bond donors (Lipinski definition) is 1. The molecule has 2 aromatic carbocycles. The molecular formula is C23H25N5O4S2. The lowest BCUT2D eigenvalue weighted by atomic mass is 10.2. The fourth-order valence-electron chi connectivity index (χ4n) is 3.66. The van der Waals surface area contributed by atoms with Crippen molar-refractivity contribution >= 4 is 44.4 Å². The minimum absolute atomic E-state index is 0.194. The van der Waals surface area contributed by atoms with Gasteiger partial charge in [-0.15, -0.1) is 0 Å². The average Bonchev–Trinajstić information content (AvgIpc) is 3.21. The Morgan fingerprint density at radius 2 is 1.94 bits per heavy atom. The molecule has 1 aromatic heterocycles. The molecule has 1 aliphatic heterocycles. The molecule has 3 aromatic rings. The highest BCUT2D eigenvalue weighted by molar-refractivity contribution is 8.00. The lowest BCUT2D eigenvalue weighted by molar-refractivity contribution is -0.115. The third kappa shape index (κ3) is 4.95. The molecule has 1 saturated heterocycles. The number of nitrogens with zero attached hydrogens (tertiary/aromatic N) is 4. The number of rotatable bonds is 7. The molecule has 0 spiro atoms. The van der Waals surface area contributed by atoms with Gasteiger partial charge in [-0.1, -0.05) is 11.8 Å². The first-order chi connectivity index (χ1) is 16.3. The fourth-order valence-corrected chi connectivity index (χ4v) is 6.08. The zero-order valence-electron chi connectivity index (χ0n) is 18.9. The van der Waals surface area contributed by atoms with Crippen molar-refractivity contribution < 1.29 is 17.9 Å². The molecule has 1 aliphatic rings. The number of imidazole rings is 1. The molecule has 1 unspecified atom stereocenters. The summed E-state index contributed by atoms with van der Waals surface area (Å²) in [4.78, 5) is 17.6. The van der Waals surface area contributed by atoms with Gasteiger partial charge in [-0.2, -0.15) is 9.57 Å². The first-order valence-electron chi connectivity index (χ1n) is 10.9. The Kier molecular flexibility index (Phi) is 7.23. The topological polar surface area (TPSA) is 117 Å². The summed E-state index contributed by atoms with van der Waals surface area (Å²) in [6.07, 6.45) is 0. The van der Waals surface area contributed by atoms with Crippen LogP contribution in [0.25, 0.3) is 11.0 Å². The SMILES string of the molecule is CCn1c(SC(C)C(=O)Nc2ccc(C#N)cc2)nc2cc(S(=O)(=O)N3CCOCC3)ccc21. The Morgan fingerprint density at radius 1 is 1.24 bits per heavy atom. The molecule has 1 amide bonds. The molecule has 0 aliphatic carbocycles. The Morgan fingerprint density at radius 3 is 2.59 bits per heavy atom. The number of hydrogen-bond acceptors (Lipinski definition) is 7. The average molecular weight is 500 g/mol. The second-order valence-electron chi connectivity index (χ2n) is 7.74. The highest BCUT2D eigenvalue weighted by Crippen LogP contribution is 2.30. The fraction of sp³-hybridized carbons (Fsp3) is 0.348. The minimum Gasteiger partial charge on any atom is -0.379 e. The van der Waals surface area contributed by atoms with E-state index < -0.39 is 15.3 Å². The van der Waals surface area contributed by atoms with Gasteiger partial charge in [-0.05, 0) is 56.3 Å². The van der Waals surface area contributed by atoms with Gasteiger partial charge in [-0.25, -0.2) is 13.4 Å². The van der Waals surface area contributed by atoms with Crippen LogP contribution in [0.1, 0.15) is 19.4 Å². The predicted octanol–water partition coefficient (Wildman–Crippen LogP) is 3.07. The first-order valence-corrected chi connectivity index (χ1v) is 13.2. The van der Waals surface area contributed by atoms with E-state index in [-0.39, 0.29) is 10.8 Å². The van der Waals surface area contributed by atoms with Crippen LogP contribution in [-0.2, 0) is 26.1 Å². The van der Waals surface area contributed by atoms with Crippen LogP contribution in [0, 0.1) is 11.3 Å². The number of anilines is 1. The monoisotopic (exact) mass is 499 g/mol. The van der Waals surface area contributed by atoms with Gasteiger partial charge in [0.25, 0.3) is 0 Å². The number of fused-ring (bicyclic) bond motifs is 1. The van der Waals surface area contributed by atoms with Gasteiger partial charge in [0, 0.05) is 25.3 Å². The molecule has 178 valence electrons. The number of sulfonamides is 1. The quantitative estimate of drug-likeness (QED) is 0.497. The number of morpholine rings is 1. The number of thioether (sulfide) groups is 1. The van der Waals surface area contributed by atoms with Gasteiger partial charge < -0.3 is 14.6 Å². The number of amides is 1. The van der Waals surface area contributed by atoms with Crippen LogP contribution in [-0.4, -0.2) is 59.7 Å². The minimum atomic E-state index is -3.63. The maximum Gasteiger partial charge on any atom is 0.243 e. The number of carbonyl (C=O) groups is 1. The van der Waals surface area contributed by atoms with Crippen LogP contribution in [0.5, 0.6) is 0 Å². The number of ether oxygens (including phenoxy) is 1. The molecule has 4 rings (SSSR count). The van der Waals surface area contributed by atoms with Gasteiger partial charge in [0.2, 0.25) is 15.9 Å². The molecule has 9 nitrogen and oxygen atoms in total. The van der Waals surface area contributed by atoms with Crippen molar-refractivity contribution in [2.75, 3.05) is 31.6 Å². The van der Waals surface area contributed by atoms with Crippen LogP contribution in [0.4, 0.5) is 5.69 Å². The molecule has 0 radical (unpaired) electrons. The van der Waals surface area contributed by atoms with Gasteiger partial charge in [0.15, 0.2) is 5.16 Å². The molecular weight excluding hydrogens is 474 g/mol. The van der Waals surface area contributed by atoms with Crippen molar-refractivity contribution in [3.8, 4) is 6.07 Å². The van der Waals surface area contributed by atoms with Gasteiger partial charge >= 0.3 is 0 Å². The molecule has 34 heavy (non-hydrogen) atoms. The molecule has 0 saturated carbocycles. The van der Waals surface area contributed by atoms with Gasteiger partial charge in [0.05, 0.1) is 46.0 Å². The van der Waals surface area contributed by atoms with E-state index in [1.807, 2.05) is 17.6 Å². The van der Waals surface area contributed by atoms with Crippen LogP contribution in [0.2, 0.25) is 0 Å². The van der Waals surface area contributed by atoms with Gasteiger partial charge in [-0.3, -0.25) is 4.79 Å². The van der Waals surface area contributed by atoms with Crippen molar-refractivity contribution in [1.29, 1.82) is 5.26 Å². The number of benzene rings is 2. The van der Waals surface area contributed by atoms with Crippen molar-refractivity contribution in [2.45, 2.75) is 35.7 Å². The second kappa shape index (κ2) is 10.1. The standard InChI is InChI=1S/C23H25N5O4S2/c1-3-28-21-9-8-19(34(30,31)27-10-12-32-13-11-27)14-20(21)26-23(28)33-16(2)22(29)25-18-6-4-17(15-24)5-7-18/h4-9,14,16H,3,10-13H2,1-2H3,(H,25,29). The summed E-state index contributed by atoms with van der Waals surface area (Å²) in [6, 6.07) is 13.7. The van der Waals surface area contributed by atoms with E-state index in [2.05, 4.69) is 10.3 Å². The number of nitriles is 1. The van der Waals surface area contributed by atoms with E-state index in [4.69, 9.17) is 10.00 Å². The number of carbonyl (C=O) groups excluding carboxylic acids is 1. The normalized spacial score (nSPS) is 15.7. The third-order valence-corrected chi connectivity index (χ3v) is 8.53. The second-order valence-corrected chi connectivity index (χ2v) is 11.0. The molecule has 0 bridgehead atoms. The molecule has 1 N–H and O–H groups in total. The summed E-state index contributed by atoms with van der Waals surface area (Å²) in [5.41, 5.74) is 2.51. The number of aromatic nitrogens is 2. The maximum atomic E-state index is 13.0. The summed E-state index contributed by atoms with van der Waals surface area (Å²) in [6.45, 7) is 5.82. The Labute approximate surface area is 202 Å². The van der Waals surface area contributed by atoms with E-state index in [0.717, 1.165) is 5.52 Å². The van der Waals surface area contributed by atoms with Crippen LogP contribution < -0.4 is 5.32 Å². The van der Waals surface area contributed by atoms with E-state index in [0.29, 0.717) is 54.8 Å². The van der Waals surface area contributed by atoms with E-state index in [1.54, 1.807) is 49.4 Å². The van der Waals surface area contributed by atoms with Gasteiger partial charge in [0.1, 0.15) is 0 Å². The van der Waals surface area contributed by atoms with E-state index in [1.165, 1.54) is 16.1 Å². The van der Waals surface area contributed by atoms with Crippen LogP contribution in [0.3, 0.4) is 0 Å². The lowest BCUT2D eigenvalue weighted by Gasteiger charge is -2.26. The van der Waals surface area contributed by atoms with Crippen molar-refractivity contribution in [2.24, 2.45) is 0 Å². The van der Waals surface area contributed by atoms with Crippen molar-refractivity contribution in [3.05, 3.63) is 48.0 Å². The highest BCUT2D eigenvalue weighted by atomic mass is 32.2. The Bertz CT molecular complexity index is 1340. The zero-order valence-corrected chi connectivity index (χ0v) is 20.5. The predicted molar refractivity (Wildman–Crippen MR) is 130 cm³/mol. The highest BCUT2D eigenvalue weighted by Gasteiger charge is 2.27.